The summed E-state index contributed by atoms with van der Waals surface area (Å²) in [5, 5.41) is 21.2. The zero-order valence-corrected chi connectivity index (χ0v) is 16.8. The number of ether oxygens (including phenoxy) is 1. The van der Waals surface area contributed by atoms with E-state index >= 15 is 0 Å². The molecule has 0 heterocycles. The smallest absolute Gasteiger partial charge is 0.315 e. The third-order valence-electron chi connectivity index (χ3n) is 6.25. The maximum absolute atomic E-state index is 13.4. The Morgan fingerprint density at radius 1 is 0.710 bits per heavy atom. The fraction of sp³-hybridized carbons (Fsp3) is 0.148. The number of benzene rings is 4. The molecule has 31 heavy (non-hydrogen) atoms. The molecule has 3 atom stereocenters. The summed E-state index contributed by atoms with van der Waals surface area (Å²) >= 11 is 0. The van der Waals surface area contributed by atoms with Crippen LogP contribution in [0, 0.1) is 5.92 Å². The summed E-state index contributed by atoms with van der Waals surface area (Å²) in [6.45, 7) is 0. The quantitative estimate of drug-likeness (QED) is 0.332. The molecule has 0 spiro atoms. The van der Waals surface area contributed by atoms with Crippen molar-refractivity contribution in [2.24, 2.45) is 5.92 Å². The van der Waals surface area contributed by atoms with Gasteiger partial charge in [-0.3, -0.25) is 4.79 Å². The van der Waals surface area contributed by atoms with Gasteiger partial charge in [-0.15, -0.1) is 0 Å². The van der Waals surface area contributed by atoms with Gasteiger partial charge in [-0.1, -0.05) is 60.7 Å². The van der Waals surface area contributed by atoms with Crippen LogP contribution in [0.4, 0.5) is 0 Å². The number of esters is 1. The van der Waals surface area contributed by atoms with Gasteiger partial charge >= 0.3 is 5.97 Å². The number of carbonyl (C=O) groups is 1. The van der Waals surface area contributed by atoms with Gasteiger partial charge in [0.25, 0.3) is 0 Å². The number of phenols is 2. The van der Waals surface area contributed by atoms with E-state index in [2.05, 4.69) is 0 Å². The fourth-order valence-corrected chi connectivity index (χ4v) is 4.57. The van der Waals surface area contributed by atoms with E-state index in [0.717, 1.165) is 28.3 Å². The highest BCUT2D eigenvalue weighted by molar-refractivity contribution is 5.91. The molecule has 1 fully saturated rings. The molecule has 4 aromatic carbocycles. The topological polar surface area (TPSA) is 66.8 Å². The Hall–Kier alpha value is -3.79. The second-order valence-corrected chi connectivity index (χ2v) is 8.06. The predicted octanol–water partition coefficient (Wildman–Crippen LogP) is 5.74. The molecule has 4 heteroatoms. The van der Waals surface area contributed by atoms with Gasteiger partial charge < -0.3 is 14.9 Å². The Labute approximate surface area is 180 Å². The second kappa shape index (κ2) is 7.80. The maximum atomic E-state index is 13.4. The van der Waals surface area contributed by atoms with Crippen LogP contribution in [-0.4, -0.2) is 16.2 Å². The van der Waals surface area contributed by atoms with E-state index in [0.29, 0.717) is 5.75 Å². The molecule has 0 radical (unpaired) electrons. The van der Waals surface area contributed by atoms with Crippen molar-refractivity contribution >= 4 is 16.7 Å². The Kier molecular flexibility index (Phi) is 4.83. The van der Waals surface area contributed by atoms with Crippen molar-refractivity contribution in [1.82, 2.24) is 0 Å². The molecule has 1 saturated carbocycles. The monoisotopic (exact) mass is 410 g/mol. The first kappa shape index (κ1) is 19.2. The summed E-state index contributed by atoms with van der Waals surface area (Å²) in [4.78, 5) is 13.4. The first-order valence-corrected chi connectivity index (χ1v) is 10.4. The van der Waals surface area contributed by atoms with Crippen molar-refractivity contribution in [1.29, 1.82) is 0 Å². The van der Waals surface area contributed by atoms with Gasteiger partial charge in [-0.05, 0) is 65.1 Å². The van der Waals surface area contributed by atoms with Gasteiger partial charge in [0.1, 0.15) is 17.2 Å². The minimum Gasteiger partial charge on any atom is -0.508 e. The number of hydrogen-bond donors (Lipinski definition) is 2. The third-order valence-corrected chi connectivity index (χ3v) is 6.25. The van der Waals surface area contributed by atoms with Crippen LogP contribution in [0.25, 0.3) is 10.8 Å². The highest BCUT2D eigenvalue weighted by Crippen LogP contribution is 2.53. The number of phenolic OH excluding ortho intramolecular Hbond substituents is 2. The molecule has 0 aromatic heterocycles. The molecule has 4 aromatic rings. The van der Waals surface area contributed by atoms with E-state index in [4.69, 9.17) is 4.74 Å². The van der Waals surface area contributed by atoms with Gasteiger partial charge in [0, 0.05) is 5.39 Å². The summed E-state index contributed by atoms with van der Waals surface area (Å²) in [7, 11) is 0. The molecular weight excluding hydrogens is 388 g/mol. The summed E-state index contributed by atoms with van der Waals surface area (Å²) in [5.74, 6) is 0.348. The van der Waals surface area contributed by atoms with Crippen molar-refractivity contribution in [3.05, 3.63) is 102 Å². The third kappa shape index (κ3) is 3.61. The predicted molar refractivity (Wildman–Crippen MR) is 119 cm³/mol. The van der Waals surface area contributed by atoms with Crippen LogP contribution in [0.2, 0.25) is 0 Å². The molecule has 2 N–H and O–H groups in total. The average Bonchev–Trinajstić information content (AvgIpc) is 2.76. The van der Waals surface area contributed by atoms with Crippen molar-refractivity contribution in [2.45, 2.75) is 18.3 Å². The highest BCUT2D eigenvalue weighted by atomic mass is 16.5. The molecule has 1 aliphatic carbocycles. The second-order valence-electron chi connectivity index (χ2n) is 8.06. The van der Waals surface area contributed by atoms with Crippen LogP contribution in [0.15, 0.2) is 91.0 Å². The van der Waals surface area contributed by atoms with Gasteiger partial charge in [-0.2, -0.15) is 0 Å². The Balaban J connectivity index is 1.48. The van der Waals surface area contributed by atoms with Gasteiger partial charge in [0.15, 0.2) is 0 Å². The summed E-state index contributed by atoms with van der Waals surface area (Å²) in [6.07, 6.45) is 0.796. The zero-order valence-electron chi connectivity index (χ0n) is 16.8. The van der Waals surface area contributed by atoms with Crippen LogP contribution >= 0.6 is 0 Å². The minimum absolute atomic E-state index is 0.00174. The minimum atomic E-state index is -0.354. The molecule has 1 aliphatic rings. The van der Waals surface area contributed by atoms with Crippen LogP contribution in [0.3, 0.4) is 0 Å². The van der Waals surface area contributed by atoms with Crippen molar-refractivity contribution in [3.63, 3.8) is 0 Å². The lowest BCUT2D eigenvalue weighted by atomic mass is 9.60. The fourth-order valence-electron chi connectivity index (χ4n) is 4.57. The molecule has 2 unspecified atom stereocenters. The van der Waals surface area contributed by atoms with E-state index in [-0.39, 0.29) is 35.2 Å². The number of rotatable bonds is 4. The summed E-state index contributed by atoms with van der Waals surface area (Å²) < 4.78 is 5.94. The van der Waals surface area contributed by atoms with Crippen LogP contribution in [-0.2, 0) is 4.79 Å². The molecule has 5 rings (SSSR count). The van der Waals surface area contributed by atoms with Crippen LogP contribution in [0.1, 0.15) is 29.4 Å². The SMILES string of the molecule is O=C(Oc1cccc2ccccc12)C1C(c2ccc(O)cc2)C[C@H]1c1ccc(O)cc1. The van der Waals surface area contributed by atoms with Gasteiger partial charge in [0.05, 0.1) is 5.92 Å². The molecule has 0 saturated heterocycles. The number of fused-ring (bicyclic) bond motifs is 1. The van der Waals surface area contributed by atoms with Crippen molar-refractivity contribution in [3.8, 4) is 17.2 Å². The molecule has 0 amide bonds. The Morgan fingerprint density at radius 2 is 1.26 bits per heavy atom. The largest absolute Gasteiger partial charge is 0.508 e. The van der Waals surface area contributed by atoms with Crippen LogP contribution in [0.5, 0.6) is 17.2 Å². The van der Waals surface area contributed by atoms with Gasteiger partial charge in [0.2, 0.25) is 0 Å². The summed E-state index contributed by atoms with van der Waals surface area (Å²) in [6, 6.07) is 27.6. The normalized spacial score (nSPS) is 20.2. The number of aromatic hydroxyl groups is 2. The standard InChI is InChI=1S/C27H22O4/c28-20-12-8-18(9-13-20)23-16-24(19-10-14-21(29)15-11-19)26(23)27(30)31-25-7-3-5-17-4-1-2-6-22(17)25/h1-15,23-24,26,28-29H,16H2/t23-,24?,26?/m0/s1. The van der Waals surface area contributed by atoms with E-state index in [1.807, 2.05) is 66.7 Å². The zero-order chi connectivity index (χ0) is 21.4. The summed E-state index contributed by atoms with van der Waals surface area (Å²) in [5.41, 5.74) is 2.01. The number of hydrogen-bond acceptors (Lipinski definition) is 4. The molecule has 4 nitrogen and oxygen atoms in total. The van der Waals surface area contributed by atoms with E-state index in [1.165, 1.54) is 0 Å². The van der Waals surface area contributed by atoms with Crippen molar-refractivity contribution < 1.29 is 19.7 Å². The van der Waals surface area contributed by atoms with E-state index in [9.17, 15) is 15.0 Å². The molecule has 0 aliphatic heterocycles. The lowest BCUT2D eigenvalue weighted by molar-refractivity contribution is -0.144. The average molecular weight is 410 g/mol. The first-order valence-electron chi connectivity index (χ1n) is 10.4. The van der Waals surface area contributed by atoms with Gasteiger partial charge in [-0.25, -0.2) is 0 Å². The van der Waals surface area contributed by atoms with Crippen LogP contribution < -0.4 is 4.74 Å². The highest BCUT2D eigenvalue weighted by Gasteiger charge is 2.48. The van der Waals surface area contributed by atoms with E-state index < -0.39 is 0 Å². The Morgan fingerprint density at radius 3 is 1.87 bits per heavy atom. The first-order chi connectivity index (χ1) is 15.1. The van der Waals surface area contributed by atoms with Crippen molar-refractivity contribution in [2.75, 3.05) is 0 Å². The molecular formula is C27H22O4. The van der Waals surface area contributed by atoms with E-state index in [1.54, 1.807) is 24.3 Å². The maximum Gasteiger partial charge on any atom is 0.315 e. The molecule has 0 bridgehead atoms. The molecule has 154 valence electrons. The lowest BCUT2D eigenvalue weighted by Gasteiger charge is -2.43. The number of carbonyl (C=O) groups excluding carboxylic acids is 1. The Bertz CT molecular complexity index is 1170. The lowest BCUT2D eigenvalue weighted by Crippen LogP contribution is -2.41.